The highest BCUT2D eigenvalue weighted by molar-refractivity contribution is 5.82. The molecule has 2 saturated heterocycles. The SMILES string of the molecule is CCNC(=NCc1ccccc1CN(CC)CC)N1CCN(C(=O)C2CCCO2)CC1. The first-order valence-electron chi connectivity index (χ1n) is 11.9. The van der Waals surface area contributed by atoms with Gasteiger partial charge in [-0.05, 0) is 44.0 Å². The maximum Gasteiger partial charge on any atom is 0.251 e. The van der Waals surface area contributed by atoms with Gasteiger partial charge >= 0.3 is 0 Å². The molecule has 2 aliphatic heterocycles. The van der Waals surface area contributed by atoms with Crippen LogP contribution in [0.2, 0.25) is 0 Å². The van der Waals surface area contributed by atoms with Crippen LogP contribution in [0.25, 0.3) is 0 Å². The number of aliphatic imine (C=N–C) groups is 1. The van der Waals surface area contributed by atoms with Crippen LogP contribution in [0.4, 0.5) is 0 Å². The van der Waals surface area contributed by atoms with Gasteiger partial charge in [-0.1, -0.05) is 38.1 Å². The van der Waals surface area contributed by atoms with E-state index in [2.05, 4.69) is 60.2 Å². The lowest BCUT2D eigenvalue weighted by atomic mass is 10.1. The third kappa shape index (κ3) is 6.43. The van der Waals surface area contributed by atoms with Gasteiger partial charge in [0.25, 0.3) is 5.91 Å². The molecule has 1 aromatic rings. The average Bonchev–Trinajstić information content (AvgIpc) is 3.35. The van der Waals surface area contributed by atoms with Gasteiger partial charge in [0.15, 0.2) is 5.96 Å². The Kier molecular flexibility index (Phi) is 9.15. The summed E-state index contributed by atoms with van der Waals surface area (Å²) in [6.45, 7) is 14.8. The number of hydrogen-bond donors (Lipinski definition) is 1. The van der Waals surface area contributed by atoms with Crippen molar-refractivity contribution in [3.05, 3.63) is 35.4 Å². The molecule has 3 rings (SSSR count). The predicted octanol–water partition coefficient (Wildman–Crippen LogP) is 2.32. The zero-order chi connectivity index (χ0) is 22.1. The van der Waals surface area contributed by atoms with Crippen LogP contribution < -0.4 is 5.32 Å². The highest BCUT2D eigenvalue weighted by Gasteiger charge is 2.30. The van der Waals surface area contributed by atoms with Crippen molar-refractivity contribution >= 4 is 11.9 Å². The van der Waals surface area contributed by atoms with Crippen LogP contribution in [0.3, 0.4) is 0 Å². The molecule has 0 spiro atoms. The first kappa shape index (κ1) is 23.5. The van der Waals surface area contributed by atoms with Gasteiger partial charge in [-0.2, -0.15) is 0 Å². The largest absolute Gasteiger partial charge is 0.368 e. The van der Waals surface area contributed by atoms with Gasteiger partial charge in [0.05, 0.1) is 6.54 Å². The van der Waals surface area contributed by atoms with E-state index >= 15 is 0 Å². The number of hydrogen-bond acceptors (Lipinski definition) is 4. The van der Waals surface area contributed by atoms with E-state index in [4.69, 9.17) is 9.73 Å². The Balaban J connectivity index is 1.61. The second-order valence-electron chi connectivity index (χ2n) is 8.21. The van der Waals surface area contributed by atoms with E-state index in [-0.39, 0.29) is 12.0 Å². The first-order valence-corrected chi connectivity index (χ1v) is 11.9. The summed E-state index contributed by atoms with van der Waals surface area (Å²) in [5, 5.41) is 3.44. The summed E-state index contributed by atoms with van der Waals surface area (Å²) in [5.74, 6) is 1.09. The fraction of sp³-hybridized carbons (Fsp3) is 0.667. The highest BCUT2D eigenvalue weighted by Crippen LogP contribution is 2.17. The number of carbonyl (C=O) groups is 1. The zero-order valence-electron chi connectivity index (χ0n) is 19.5. The summed E-state index contributed by atoms with van der Waals surface area (Å²) in [6, 6.07) is 8.61. The smallest absolute Gasteiger partial charge is 0.251 e. The third-order valence-corrected chi connectivity index (χ3v) is 6.24. The maximum atomic E-state index is 12.6. The van der Waals surface area contributed by atoms with Crippen LogP contribution in [0.15, 0.2) is 29.3 Å². The summed E-state index contributed by atoms with van der Waals surface area (Å²) in [7, 11) is 0. The number of amides is 1. The number of guanidine groups is 1. The number of nitrogens with one attached hydrogen (secondary N) is 1. The Morgan fingerprint density at radius 3 is 2.39 bits per heavy atom. The van der Waals surface area contributed by atoms with E-state index < -0.39 is 0 Å². The Morgan fingerprint density at radius 1 is 1.10 bits per heavy atom. The van der Waals surface area contributed by atoms with Gasteiger partial charge in [0.1, 0.15) is 6.10 Å². The summed E-state index contributed by atoms with van der Waals surface area (Å²) in [5.41, 5.74) is 2.62. The molecule has 1 N–H and O–H groups in total. The van der Waals surface area contributed by atoms with Gasteiger partial charge in [-0.15, -0.1) is 0 Å². The molecule has 0 aromatic heterocycles. The lowest BCUT2D eigenvalue weighted by molar-refractivity contribution is -0.142. The Hall–Kier alpha value is -2.12. The van der Waals surface area contributed by atoms with Crippen LogP contribution in [0.1, 0.15) is 44.7 Å². The summed E-state index contributed by atoms with van der Waals surface area (Å²) < 4.78 is 5.58. The number of nitrogens with zero attached hydrogens (tertiary/aromatic N) is 4. The van der Waals surface area contributed by atoms with Crippen molar-refractivity contribution < 1.29 is 9.53 Å². The van der Waals surface area contributed by atoms with E-state index in [1.165, 1.54) is 11.1 Å². The standard InChI is InChI=1S/C24H39N5O2/c1-4-25-24(26-18-20-10-7-8-11-21(20)19-27(5-2)6-3)29-15-13-28(14-16-29)23(30)22-12-9-17-31-22/h7-8,10-11,22H,4-6,9,12-19H2,1-3H3,(H,25,26). The van der Waals surface area contributed by atoms with Gasteiger partial charge in [-0.25, -0.2) is 4.99 Å². The molecule has 1 amide bonds. The molecule has 0 aliphatic carbocycles. The molecular weight excluding hydrogens is 390 g/mol. The van der Waals surface area contributed by atoms with Crippen molar-refractivity contribution in [2.24, 2.45) is 4.99 Å². The van der Waals surface area contributed by atoms with E-state index in [9.17, 15) is 4.79 Å². The molecule has 2 heterocycles. The Bertz CT molecular complexity index is 720. The number of benzene rings is 1. The molecule has 2 aliphatic rings. The molecule has 0 radical (unpaired) electrons. The maximum absolute atomic E-state index is 12.6. The second-order valence-corrected chi connectivity index (χ2v) is 8.21. The molecule has 172 valence electrons. The van der Waals surface area contributed by atoms with Crippen molar-refractivity contribution in [1.29, 1.82) is 0 Å². The predicted molar refractivity (Wildman–Crippen MR) is 125 cm³/mol. The minimum atomic E-state index is -0.226. The summed E-state index contributed by atoms with van der Waals surface area (Å²) in [6.07, 6.45) is 1.62. The Morgan fingerprint density at radius 2 is 1.77 bits per heavy atom. The molecule has 31 heavy (non-hydrogen) atoms. The fourth-order valence-corrected chi connectivity index (χ4v) is 4.25. The molecular formula is C24H39N5O2. The van der Waals surface area contributed by atoms with E-state index in [1.807, 2.05) is 4.90 Å². The van der Waals surface area contributed by atoms with Gasteiger partial charge < -0.3 is 19.9 Å². The van der Waals surface area contributed by atoms with Crippen molar-refractivity contribution in [2.75, 3.05) is 52.4 Å². The molecule has 1 unspecified atom stereocenters. The minimum Gasteiger partial charge on any atom is -0.368 e. The van der Waals surface area contributed by atoms with Crippen LogP contribution in [-0.4, -0.2) is 85.1 Å². The molecule has 0 saturated carbocycles. The fourth-order valence-electron chi connectivity index (χ4n) is 4.25. The van der Waals surface area contributed by atoms with Crippen molar-refractivity contribution in [3.63, 3.8) is 0 Å². The second kappa shape index (κ2) is 12.1. The van der Waals surface area contributed by atoms with Gasteiger partial charge in [0.2, 0.25) is 0 Å². The number of rotatable bonds is 8. The normalized spacial score (nSPS) is 19.9. The highest BCUT2D eigenvalue weighted by atomic mass is 16.5. The van der Waals surface area contributed by atoms with Gasteiger partial charge in [0, 0.05) is 45.9 Å². The number of carbonyl (C=O) groups excluding carboxylic acids is 1. The lowest BCUT2D eigenvalue weighted by Crippen LogP contribution is -2.55. The first-order chi connectivity index (χ1) is 15.2. The van der Waals surface area contributed by atoms with Crippen molar-refractivity contribution in [1.82, 2.24) is 20.0 Å². The van der Waals surface area contributed by atoms with Crippen LogP contribution in [-0.2, 0) is 22.6 Å². The summed E-state index contributed by atoms with van der Waals surface area (Å²) >= 11 is 0. The van der Waals surface area contributed by atoms with Crippen LogP contribution >= 0.6 is 0 Å². The monoisotopic (exact) mass is 429 g/mol. The Labute approximate surface area is 187 Å². The summed E-state index contributed by atoms with van der Waals surface area (Å²) in [4.78, 5) is 24.2. The van der Waals surface area contributed by atoms with Crippen molar-refractivity contribution in [2.45, 2.75) is 52.8 Å². The van der Waals surface area contributed by atoms with E-state index in [0.29, 0.717) is 13.2 Å². The zero-order valence-corrected chi connectivity index (χ0v) is 19.5. The third-order valence-electron chi connectivity index (χ3n) is 6.24. The molecule has 7 nitrogen and oxygen atoms in total. The average molecular weight is 430 g/mol. The quantitative estimate of drug-likeness (QED) is 0.508. The number of ether oxygens (including phenoxy) is 1. The minimum absolute atomic E-state index is 0.157. The van der Waals surface area contributed by atoms with Crippen LogP contribution in [0, 0.1) is 0 Å². The number of piperazine rings is 1. The molecule has 1 atom stereocenters. The van der Waals surface area contributed by atoms with Crippen LogP contribution in [0.5, 0.6) is 0 Å². The lowest BCUT2D eigenvalue weighted by Gasteiger charge is -2.37. The molecule has 0 bridgehead atoms. The molecule has 2 fully saturated rings. The molecule has 1 aromatic carbocycles. The molecule has 7 heteroatoms. The van der Waals surface area contributed by atoms with E-state index in [1.54, 1.807) is 0 Å². The van der Waals surface area contributed by atoms with Crippen molar-refractivity contribution in [3.8, 4) is 0 Å². The van der Waals surface area contributed by atoms with E-state index in [0.717, 1.165) is 71.2 Å². The van der Waals surface area contributed by atoms with Gasteiger partial charge in [-0.3, -0.25) is 9.69 Å². The topological polar surface area (TPSA) is 60.4 Å².